The van der Waals surface area contributed by atoms with E-state index >= 15 is 0 Å². The molecule has 0 aliphatic carbocycles. The molecule has 0 bridgehead atoms. The quantitative estimate of drug-likeness (QED) is 0.460. The van der Waals surface area contributed by atoms with Crippen molar-refractivity contribution in [1.82, 2.24) is 0 Å². The summed E-state index contributed by atoms with van der Waals surface area (Å²) in [7, 11) is 1.33. The molecular weight excluding hydrogens is 284 g/mol. The number of rotatable bonds is 7. The maximum atomic E-state index is 11.7. The van der Waals surface area contributed by atoms with Crippen LogP contribution in [0.1, 0.15) is 23.2 Å². The zero-order valence-corrected chi connectivity index (χ0v) is 12.7. The van der Waals surface area contributed by atoms with Crippen molar-refractivity contribution in [2.75, 3.05) is 36.7 Å². The van der Waals surface area contributed by atoms with Crippen LogP contribution < -0.4 is 11.1 Å². The van der Waals surface area contributed by atoms with Gasteiger partial charge in [0.25, 0.3) is 0 Å². The first-order valence-electron chi connectivity index (χ1n) is 6.00. The van der Waals surface area contributed by atoms with E-state index < -0.39 is 5.97 Å². The first-order chi connectivity index (χ1) is 9.10. The van der Waals surface area contributed by atoms with E-state index in [1.807, 2.05) is 11.8 Å². The van der Waals surface area contributed by atoms with Crippen LogP contribution in [0.3, 0.4) is 0 Å². The zero-order chi connectivity index (χ0) is 14.3. The van der Waals surface area contributed by atoms with Crippen molar-refractivity contribution in [3.63, 3.8) is 0 Å². The van der Waals surface area contributed by atoms with E-state index in [2.05, 4.69) is 11.6 Å². The number of thioether (sulfide) groups is 1. The van der Waals surface area contributed by atoms with Crippen molar-refractivity contribution in [2.24, 2.45) is 0 Å². The summed E-state index contributed by atoms with van der Waals surface area (Å²) in [6, 6.07) is 3.19. The molecule has 0 saturated heterocycles. The molecule has 1 aromatic rings. The molecule has 0 aromatic heterocycles. The number of benzene rings is 1. The number of nitrogens with two attached hydrogens (primary N) is 1. The van der Waals surface area contributed by atoms with Gasteiger partial charge in [-0.3, -0.25) is 0 Å². The van der Waals surface area contributed by atoms with Gasteiger partial charge in [-0.2, -0.15) is 11.8 Å². The SMILES string of the molecule is COC(=O)c1cc(N)cc(Cl)c1NCCCCSC. The van der Waals surface area contributed by atoms with Crippen LogP contribution in [0.15, 0.2) is 12.1 Å². The maximum Gasteiger partial charge on any atom is 0.340 e. The number of anilines is 2. The summed E-state index contributed by atoms with van der Waals surface area (Å²) in [4.78, 5) is 11.7. The highest BCUT2D eigenvalue weighted by molar-refractivity contribution is 7.98. The first-order valence-corrected chi connectivity index (χ1v) is 7.77. The molecule has 0 amide bonds. The fraction of sp³-hybridized carbons (Fsp3) is 0.462. The lowest BCUT2D eigenvalue weighted by Crippen LogP contribution is -2.11. The van der Waals surface area contributed by atoms with E-state index in [0.717, 1.165) is 25.1 Å². The number of halogens is 1. The van der Waals surface area contributed by atoms with E-state index in [-0.39, 0.29) is 0 Å². The number of ether oxygens (including phenoxy) is 1. The molecule has 6 heteroatoms. The molecule has 0 unspecified atom stereocenters. The van der Waals surface area contributed by atoms with Crippen molar-refractivity contribution in [3.8, 4) is 0 Å². The largest absolute Gasteiger partial charge is 0.465 e. The Morgan fingerprint density at radius 3 is 2.84 bits per heavy atom. The average Bonchev–Trinajstić information content (AvgIpc) is 2.39. The van der Waals surface area contributed by atoms with Gasteiger partial charge in [0.2, 0.25) is 0 Å². The van der Waals surface area contributed by atoms with Crippen LogP contribution in [-0.2, 0) is 4.74 Å². The summed E-state index contributed by atoms with van der Waals surface area (Å²) >= 11 is 7.94. The molecule has 0 atom stereocenters. The minimum absolute atomic E-state index is 0.373. The highest BCUT2D eigenvalue weighted by atomic mass is 35.5. The van der Waals surface area contributed by atoms with Gasteiger partial charge in [0.05, 0.1) is 23.4 Å². The number of carbonyl (C=O) groups excluding carboxylic acids is 1. The monoisotopic (exact) mass is 302 g/mol. The van der Waals surface area contributed by atoms with Gasteiger partial charge < -0.3 is 15.8 Å². The number of nitrogens with one attached hydrogen (secondary N) is 1. The molecule has 3 N–H and O–H groups in total. The Morgan fingerprint density at radius 1 is 1.47 bits per heavy atom. The van der Waals surface area contributed by atoms with Crippen molar-refractivity contribution in [3.05, 3.63) is 22.7 Å². The third-order valence-corrected chi connectivity index (χ3v) is 3.59. The van der Waals surface area contributed by atoms with E-state index in [1.165, 1.54) is 7.11 Å². The molecule has 0 fully saturated rings. The highest BCUT2D eigenvalue weighted by Crippen LogP contribution is 2.29. The van der Waals surface area contributed by atoms with Crippen LogP contribution in [0.2, 0.25) is 5.02 Å². The fourth-order valence-electron chi connectivity index (χ4n) is 1.66. The molecule has 4 nitrogen and oxygen atoms in total. The Bertz CT molecular complexity index is 441. The van der Waals surface area contributed by atoms with Crippen molar-refractivity contribution in [1.29, 1.82) is 0 Å². The number of methoxy groups -OCH3 is 1. The highest BCUT2D eigenvalue weighted by Gasteiger charge is 2.15. The van der Waals surface area contributed by atoms with Crippen molar-refractivity contribution >= 4 is 40.7 Å². The second-order valence-electron chi connectivity index (χ2n) is 4.04. The molecule has 0 radical (unpaired) electrons. The van der Waals surface area contributed by atoms with Gasteiger partial charge in [-0.05, 0) is 37.0 Å². The summed E-state index contributed by atoms with van der Waals surface area (Å²) in [5.41, 5.74) is 7.10. The van der Waals surface area contributed by atoms with Crippen LogP contribution in [0.4, 0.5) is 11.4 Å². The van der Waals surface area contributed by atoms with Gasteiger partial charge in [-0.15, -0.1) is 0 Å². The average molecular weight is 303 g/mol. The molecule has 0 heterocycles. The van der Waals surface area contributed by atoms with E-state index in [4.69, 9.17) is 22.1 Å². The van der Waals surface area contributed by atoms with Gasteiger partial charge in [-0.25, -0.2) is 4.79 Å². The Hall–Kier alpha value is -1.07. The maximum absolute atomic E-state index is 11.7. The molecule has 0 saturated carbocycles. The van der Waals surface area contributed by atoms with Crippen molar-refractivity contribution < 1.29 is 9.53 Å². The van der Waals surface area contributed by atoms with Gasteiger partial charge in [-0.1, -0.05) is 11.6 Å². The standard InChI is InChI=1S/C13H19ClN2O2S/c1-18-13(17)10-7-9(15)8-11(14)12(10)16-5-3-4-6-19-2/h7-8,16H,3-6,15H2,1-2H3. The minimum Gasteiger partial charge on any atom is -0.465 e. The summed E-state index contributed by atoms with van der Waals surface area (Å²) in [6.07, 6.45) is 4.22. The second-order valence-corrected chi connectivity index (χ2v) is 5.44. The summed E-state index contributed by atoms with van der Waals surface area (Å²) in [5, 5.41) is 3.62. The summed E-state index contributed by atoms with van der Waals surface area (Å²) < 4.78 is 4.74. The Balaban J connectivity index is 2.77. The topological polar surface area (TPSA) is 64.3 Å². The number of carbonyl (C=O) groups is 1. The summed E-state index contributed by atoms with van der Waals surface area (Å²) in [6.45, 7) is 0.758. The van der Waals surface area contributed by atoms with Gasteiger partial charge in [0.15, 0.2) is 0 Å². The number of nitrogen functional groups attached to an aromatic ring is 1. The molecule has 106 valence electrons. The van der Waals surface area contributed by atoms with Crippen LogP contribution in [-0.4, -0.2) is 31.6 Å². The molecule has 0 aliphatic heterocycles. The third kappa shape index (κ3) is 4.84. The van der Waals surface area contributed by atoms with Crippen LogP contribution in [0, 0.1) is 0 Å². The molecule has 1 rings (SSSR count). The number of esters is 1. The first kappa shape index (κ1) is 16.0. The lowest BCUT2D eigenvalue weighted by atomic mass is 10.1. The minimum atomic E-state index is -0.444. The zero-order valence-electron chi connectivity index (χ0n) is 11.2. The van der Waals surface area contributed by atoms with Crippen molar-refractivity contribution in [2.45, 2.75) is 12.8 Å². The lowest BCUT2D eigenvalue weighted by molar-refractivity contribution is 0.0602. The van der Waals surface area contributed by atoms with Crippen LogP contribution >= 0.6 is 23.4 Å². The molecule has 1 aromatic carbocycles. The normalized spacial score (nSPS) is 10.3. The van der Waals surface area contributed by atoms with E-state index in [9.17, 15) is 4.79 Å². The predicted octanol–water partition coefficient (Wildman–Crippen LogP) is 3.26. The number of unbranched alkanes of at least 4 members (excludes halogenated alkanes) is 1. The lowest BCUT2D eigenvalue weighted by Gasteiger charge is -2.13. The Kier molecular flexibility index (Phi) is 6.87. The van der Waals surface area contributed by atoms with E-state index in [0.29, 0.717) is 22.0 Å². The number of hydrogen-bond acceptors (Lipinski definition) is 5. The van der Waals surface area contributed by atoms with Crippen LogP contribution in [0.25, 0.3) is 0 Å². The second kappa shape index (κ2) is 8.17. The smallest absolute Gasteiger partial charge is 0.340 e. The van der Waals surface area contributed by atoms with Gasteiger partial charge in [0, 0.05) is 12.2 Å². The number of hydrogen-bond donors (Lipinski definition) is 2. The summed E-state index contributed by atoms with van der Waals surface area (Å²) in [5.74, 6) is 0.682. The van der Waals surface area contributed by atoms with Gasteiger partial charge in [0.1, 0.15) is 0 Å². The fourth-order valence-corrected chi connectivity index (χ4v) is 2.45. The predicted molar refractivity (Wildman–Crippen MR) is 83.3 cm³/mol. The Morgan fingerprint density at radius 2 is 2.21 bits per heavy atom. The molecular formula is C13H19ClN2O2S. The molecule has 0 aliphatic rings. The molecule has 19 heavy (non-hydrogen) atoms. The Labute approximate surface area is 123 Å². The van der Waals surface area contributed by atoms with E-state index in [1.54, 1.807) is 12.1 Å². The third-order valence-electron chi connectivity index (χ3n) is 2.59. The molecule has 0 spiro atoms. The van der Waals surface area contributed by atoms with Crippen LogP contribution in [0.5, 0.6) is 0 Å². The van der Waals surface area contributed by atoms with Gasteiger partial charge >= 0.3 is 5.97 Å².